The molecule has 1 heterocycles. The first-order valence-corrected chi connectivity index (χ1v) is 5.61. The largest absolute Gasteiger partial charge is 0.393 e. The van der Waals surface area contributed by atoms with Crippen LogP contribution in [0.5, 0.6) is 0 Å². The van der Waals surface area contributed by atoms with Gasteiger partial charge in [0.2, 0.25) is 0 Å². The Bertz CT molecular complexity index is 435. The average molecular weight is 236 g/mol. The number of rotatable bonds is 2. The van der Waals surface area contributed by atoms with E-state index in [4.69, 9.17) is 5.73 Å². The summed E-state index contributed by atoms with van der Waals surface area (Å²) in [6.07, 6.45) is 0. The third-order valence-corrected chi connectivity index (χ3v) is 3.04. The Morgan fingerprint density at radius 2 is 2.35 bits per heavy atom. The standard InChI is InChI=1S/C11H16N4O2/c1-8-7-13-4-5-14(8)9-2-3-11(15(16)17)10(12)6-9/h2-3,6,8,13H,4-5,7,12H2,1H3. The van der Waals surface area contributed by atoms with Gasteiger partial charge in [-0.3, -0.25) is 10.1 Å². The van der Waals surface area contributed by atoms with E-state index in [9.17, 15) is 10.1 Å². The first-order chi connectivity index (χ1) is 8.09. The van der Waals surface area contributed by atoms with E-state index in [2.05, 4.69) is 17.1 Å². The number of nitrogens with two attached hydrogens (primary N) is 1. The van der Waals surface area contributed by atoms with Crippen LogP contribution in [0.4, 0.5) is 17.1 Å². The molecule has 1 aliphatic heterocycles. The van der Waals surface area contributed by atoms with E-state index < -0.39 is 4.92 Å². The van der Waals surface area contributed by atoms with Crippen LogP contribution < -0.4 is 16.0 Å². The molecule has 0 aliphatic carbocycles. The monoisotopic (exact) mass is 236 g/mol. The highest BCUT2D eigenvalue weighted by atomic mass is 16.6. The lowest BCUT2D eigenvalue weighted by Gasteiger charge is -2.35. The van der Waals surface area contributed by atoms with E-state index in [0.717, 1.165) is 25.3 Å². The Labute approximate surface area is 99.6 Å². The number of nitro benzene ring substituents is 1. The van der Waals surface area contributed by atoms with Crippen LogP contribution >= 0.6 is 0 Å². The molecule has 0 saturated carbocycles. The summed E-state index contributed by atoms with van der Waals surface area (Å²) in [4.78, 5) is 12.4. The summed E-state index contributed by atoms with van der Waals surface area (Å²) in [7, 11) is 0. The van der Waals surface area contributed by atoms with Gasteiger partial charge >= 0.3 is 0 Å². The van der Waals surface area contributed by atoms with Crippen LogP contribution in [0.25, 0.3) is 0 Å². The molecule has 2 rings (SSSR count). The Morgan fingerprint density at radius 1 is 1.59 bits per heavy atom. The van der Waals surface area contributed by atoms with Crippen molar-refractivity contribution in [2.45, 2.75) is 13.0 Å². The lowest BCUT2D eigenvalue weighted by atomic mass is 10.1. The van der Waals surface area contributed by atoms with Gasteiger partial charge in [0, 0.05) is 37.4 Å². The molecule has 6 nitrogen and oxygen atoms in total. The number of nitrogens with zero attached hydrogens (tertiary/aromatic N) is 2. The van der Waals surface area contributed by atoms with Gasteiger partial charge in [0.05, 0.1) is 4.92 Å². The smallest absolute Gasteiger partial charge is 0.292 e. The molecule has 0 spiro atoms. The average Bonchev–Trinajstić information content (AvgIpc) is 2.29. The van der Waals surface area contributed by atoms with E-state index in [1.165, 1.54) is 6.07 Å². The number of nitrogens with one attached hydrogen (secondary N) is 1. The molecule has 0 aromatic heterocycles. The quantitative estimate of drug-likeness (QED) is 0.454. The van der Waals surface area contributed by atoms with Crippen LogP contribution in [0.15, 0.2) is 18.2 Å². The molecule has 1 saturated heterocycles. The second-order valence-corrected chi connectivity index (χ2v) is 4.25. The van der Waals surface area contributed by atoms with E-state index in [-0.39, 0.29) is 11.4 Å². The van der Waals surface area contributed by atoms with Gasteiger partial charge in [-0.15, -0.1) is 0 Å². The van der Waals surface area contributed by atoms with Crippen LogP contribution in [0.2, 0.25) is 0 Å². The maximum absolute atomic E-state index is 10.7. The second-order valence-electron chi connectivity index (χ2n) is 4.25. The summed E-state index contributed by atoms with van der Waals surface area (Å²) < 4.78 is 0. The topological polar surface area (TPSA) is 84.4 Å². The molecule has 0 radical (unpaired) electrons. The van der Waals surface area contributed by atoms with Crippen molar-refractivity contribution in [1.29, 1.82) is 0 Å². The zero-order valence-electron chi connectivity index (χ0n) is 9.72. The number of piperazine rings is 1. The van der Waals surface area contributed by atoms with Crippen molar-refractivity contribution < 1.29 is 4.92 Å². The van der Waals surface area contributed by atoms with Crippen molar-refractivity contribution in [3.05, 3.63) is 28.3 Å². The Morgan fingerprint density at radius 3 is 2.94 bits per heavy atom. The van der Waals surface area contributed by atoms with Gasteiger partial charge in [-0.2, -0.15) is 0 Å². The zero-order chi connectivity index (χ0) is 12.4. The fraction of sp³-hybridized carbons (Fsp3) is 0.455. The second kappa shape index (κ2) is 4.58. The molecule has 6 heteroatoms. The minimum atomic E-state index is -0.458. The van der Waals surface area contributed by atoms with Gasteiger partial charge in [-0.05, 0) is 19.1 Å². The third-order valence-electron chi connectivity index (χ3n) is 3.04. The first kappa shape index (κ1) is 11.7. The number of benzene rings is 1. The minimum absolute atomic E-state index is 0.0310. The predicted octanol–water partition coefficient (Wildman–Crippen LogP) is 0.975. The van der Waals surface area contributed by atoms with Gasteiger partial charge in [0.1, 0.15) is 5.69 Å². The highest BCUT2D eigenvalue weighted by molar-refractivity contribution is 5.67. The summed E-state index contributed by atoms with van der Waals surface area (Å²) >= 11 is 0. The molecule has 1 unspecified atom stereocenters. The summed E-state index contributed by atoms with van der Waals surface area (Å²) in [6.45, 7) is 4.83. The maximum Gasteiger partial charge on any atom is 0.292 e. The van der Waals surface area contributed by atoms with Crippen molar-refractivity contribution in [3.63, 3.8) is 0 Å². The third kappa shape index (κ3) is 2.31. The van der Waals surface area contributed by atoms with Crippen molar-refractivity contribution in [2.24, 2.45) is 0 Å². The van der Waals surface area contributed by atoms with E-state index in [0.29, 0.717) is 6.04 Å². The fourth-order valence-electron chi connectivity index (χ4n) is 2.11. The van der Waals surface area contributed by atoms with E-state index in [1.54, 1.807) is 12.1 Å². The number of nitrogen functional groups attached to an aromatic ring is 1. The SMILES string of the molecule is CC1CNCCN1c1ccc([N+](=O)[O-])c(N)c1. The molecule has 17 heavy (non-hydrogen) atoms. The maximum atomic E-state index is 10.7. The van der Waals surface area contributed by atoms with Crippen LogP contribution in [-0.4, -0.2) is 30.6 Å². The van der Waals surface area contributed by atoms with Crippen molar-refractivity contribution in [3.8, 4) is 0 Å². The number of anilines is 2. The van der Waals surface area contributed by atoms with Crippen LogP contribution in [0, 0.1) is 10.1 Å². The molecule has 92 valence electrons. The summed E-state index contributed by atoms with van der Waals surface area (Å²) in [5.74, 6) is 0. The van der Waals surface area contributed by atoms with Gasteiger partial charge < -0.3 is 16.0 Å². The molecule has 0 amide bonds. The molecule has 0 bridgehead atoms. The van der Waals surface area contributed by atoms with Gasteiger partial charge in [-0.25, -0.2) is 0 Å². The minimum Gasteiger partial charge on any atom is -0.393 e. The molecule has 3 N–H and O–H groups in total. The summed E-state index contributed by atoms with van der Waals surface area (Å²) in [5, 5.41) is 14.0. The highest BCUT2D eigenvalue weighted by Gasteiger charge is 2.20. The lowest BCUT2D eigenvalue weighted by Crippen LogP contribution is -2.49. The highest BCUT2D eigenvalue weighted by Crippen LogP contribution is 2.28. The number of hydrogen-bond acceptors (Lipinski definition) is 5. The Balaban J connectivity index is 2.27. The van der Waals surface area contributed by atoms with E-state index >= 15 is 0 Å². The summed E-state index contributed by atoms with van der Waals surface area (Å²) in [6, 6.07) is 5.28. The van der Waals surface area contributed by atoms with Gasteiger partial charge in [0.25, 0.3) is 5.69 Å². The first-order valence-electron chi connectivity index (χ1n) is 5.61. The molecule has 1 atom stereocenters. The molecular formula is C11H16N4O2. The van der Waals surface area contributed by atoms with Crippen molar-refractivity contribution in [1.82, 2.24) is 5.32 Å². The predicted molar refractivity (Wildman–Crippen MR) is 67.2 cm³/mol. The van der Waals surface area contributed by atoms with Gasteiger partial charge in [0.15, 0.2) is 0 Å². The Hall–Kier alpha value is -1.82. The number of nitro groups is 1. The molecule has 1 aromatic rings. The van der Waals surface area contributed by atoms with Crippen molar-refractivity contribution in [2.75, 3.05) is 30.3 Å². The molecule has 1 aromatic carbocycles. The van der Waals surface area contributed by atoms with Crippen LogP contribution in [0.1, 0.15) is 6.92 Å². The molecule has 1 aliphatic rings. The van der Waals surface area contributed by atoms with Crippen molar-refractivity contribution >= 4 is 17.1 Å². The van der Waals surface area contributed by atoms with Crippen LogP contribution in [-0.2, 0) is 0 Å². The molecular weight excluding hydrogens is 220 g/mol. The molecule has 1 fully saturated rings. The van der Waals surface area contributed by atoms with E-state index in [1.807, 2.05) is 0 Å². The zero-order valence-corrected chi connectivity index (χ0v) is 9.72. The summed E-state index contributed by atoms with van der Waals surface area (Å²) in [5.41, 5.74) is 6.83. The van der Waals surface area contributed by atoms with Gasteiger partial charge in [-0.1, -0.05) is 0 Å². The van der Waals surface area contributed by atoms with Crippen LogP contribution in [0.3, 0.4) is 0 Å². The normalized spacial score (nSPS) is 20.3. The lowest BCUT2D eigenvalue weighted by molar-refractivity contribution is -0.383. The fourth-order valence-corrected chi connectivity index (χ4v) is 2.11. The Kier molecular flexibility index (Phi) is 3.14. The number of hydrogen-bond donors (Lipinski definition) is 2.